The van der Waals surface area contributed by atoms with Crippen LogP contribution in [-0.4, -0.2) is 34.1 Å². The molecule has 1 N–H and O–H groups in total. The SMILES string of the molecule is CCOC(=O)CCCn1cc(C(=O)c2cccc(N(Cc3ccc(CC(C)C)cc3)C(=O)O)c2)c2ccccc21. The maximum atomic E-state index is 13.7. The Morgan fingerprint density at radius 2 is 1.68 bits per heavy atom. The van der Waals surface area contributed by atoms with Crippen molar-refractivity contribution < 1.29 is 24.2 Å². The highest BCUT2D eigenvalue weighted by molar-refractivity contribution is 6.16. The van der Waals surface area contributed by atoms with Gasteiger partial charge in [0.05, 0.1) is 13.2 Å². The van der Waals surface area contributed by atoms with E-state index in [9.17, 15) is 19.5 Å². The summed E-state index contributed by atoms with van der Waals surface area (Å²) in [5.74, 6) is 0.118. The predicted molar refractivity (Wildman–Crippen MR) is 157 cm³/mol. The third-order valence-corrected chi connectivity index (χ3v) is 6.78. The van der Waals surface area contributed by atoms with E-state index in [1.165, 1.54) is 10.5 Å². The van der Waals surface area contributed by atoms with Crippen LogP contribution in [0.1, 0.15) is 60.7 Å². The van der Waals surface area contributed by atoms with E-state index in [0.29, 0.717) is 48.7 Å². The van der Waals surface area contributed by atoms with E-state index in [1.54, 1.807) is 31.2 Å². The van der Waals surface area contributed by atoms with Crippen molar-refractivity contribution in [3.8, 4) is 0 Å². The number of carboxylic acid groups (broad SMARTS) is 1. The molecule has 7 heteroatoms. The minimum Gasteiger partial charge on any atom is -0.466 e. The van der Waals surface area contributed by atoms with Gasteiger partial charge in [0.1, 0.15) is 0 Å². The van der Waals surface area contributed by atoms with Crippen LogP contribution < -0.4 is 4.90 Å². The number of aromatic nitrogens is 1. The Morgan fingerprint density at radius 1 is 0.950 bits per heavy atom. The molecule has 1 aromatic heterocycles. The standard InChI is InChI=1S/C33H36N2O5/c1-4-40-31(36)13-8-18-34-22-29(28-11-5-6-12-30(28)34)32(37)26-9-7-10-27(20-26)35(33(38)39)21-25-16-14-24(15-17-25)19-23(2)3/h5-7,9-12,14-17,20,22-23H,4,8,13,18-19,21H2,1-3H3,(H,38,39). The van der Waals surface area contributed by atoms with Gasteiger partial charge >= 0.3 is 12.1 Å². The number of carbonyl (C=O) groups is 3. The summed E-state index contributed by atoms with van der Waals surface area (Å²) in [5.41, 5.74) is 4.37. The number of hydrogen-bond acceptors (Lipinski definition) is 4. The lowest BCUT2D eigenvalue weighted by atomic mass is 10.0. The van der Waals surface area contributed by atoms with Crippen LogP contribution in [0.25, 0.3) is 10.9 Å². The first-order chi connectivity index (χ1) is 19.3. The molecule has 0 saturated heterocycles. The van der Waals surface area contributed by atoms with Crippen molar-refractivity contribution in [1.82, 2.24) is 4.57 Å². The van der Waals surface area contributed by atoms with Gasteiger partial charge in [-0.25, -0.2) is 4.79 Å². The van der Waals surface area contributed by atoms with Crippen LogP contribution in [0.5, 0.6) is 0 Å². The number of anilines is 1. The van der Waals surface area contributed by atoms with Crippen molar-refractivity contribution in [3.05, 3.63) is 101 Å². The van der Waals surface area contributed by atoms with Crippen molar-refractivity contribution >= 4 is 34.4 Å². The van der Waals surface area contributed by atoms with Gasteiger partial charge in [-0.2, -0.15) is 0 Å². The number of hydrogen-bond donors (Lipinski definition) is 1. The summed E-state index contributed by atoms with van der Waals surface area (Å²) in [6, 6.07) is 22.4. The molecule has 3 aromatic carbocycles. The summed E-state index contributed by atoms with van der Waals surface area (Å²) in [6.07, 6.45) is 2.59. The molecule has 208 valence electrons. The van der Waals surface area contributed by atoms with Crippen molar-refractivity contribution in [2.24, 2.45) is 5.92 Å². The van der Waals surface area contributed by atoms with Gasteiger partial charge in [0, 0.05) is 46.9 Å². The molecule has 0 fully saturated rings. The van der Waals surface area contributed by atoms with Gasteiger partial charge in [0.25, 0.3) is 0 Å². The Morgan fingerprint density at radius 3 is 2.38 bits per heavy atom. The van der Waals surface area contributed by atoms with Crippen LogP contribution in [0.3, 0.4) is 0 Å². The highest BCUT2D eigenvalue weighted by Gasteiger charge is 2.20. The van der Waals surface area contributed by atoms with Crippen LogP contribution in [0.2, 0.25) is 0 Å². The third-order valence-electron chi connectivity index (χ3n) is 6.78. The summed E-state index contributed by atoms with van der Waals surface area (Å²) in [5, 5.41) is 10.8. The highest BCUT2D eigenvalue weighted by atomic mass is 16.5. The number of rotatable bonds is 12. The molecule has 0 unspecified atom stereocenters. The molecule has 0 saturated carbocycles. The molecule has 0 aliphatic rings. The number of para-hydroxylation sites is 1. The van der Waals surface area contributed by atoms with Crippen molar-refractivity contribution in [3.63, 3.8) is 0 Å². The Labute approximate surface area is 235 Å². The lowest BCUT2D eigenvalue weighted by molar-refractivity contribution is -0.143. The zero-order chi connectivity index (χ0) is 28.6. The molecular formula is C33H36N2O5. The van der Waals surface area contributed by atoms with Gasteiger partial charge < -0.3 is 14.4 Å². The van der Waals surface area contributed by atoms with Crippen LogP contribution in [0.15, 0.2) is 79.0 Å². The Bertz CT molecular complexity index is 1490. The van der Waals surface area contributed by atoms with Crippen LogP contribution in [-0.2, 0) is 29.0 Å². The van der Waals surface area contributed by atoms with Gasteiger partial charge in [-0.3, -0.25) is 14.5 Å². The number of esters is 1. The number of aryl methyl sites for hydroxylation is 1. The van der Waals surface area contributed by atoms with Gasteiger partial charge in [-0.15, -0.1) is 0 Å². The van der Waals surface area contributed by atoms with Crippen LogP contribution >= 0.6 is 0 Å². The van der Waals surface area contributed by atoms with E-state index in [1.807, 2.05) is 59.3 Å². The molecule has 40 heavy (non-hydrogen) atoms. The van der Waals surface area contributed by atoms with E-state index in [-0.39, 0.29) is 18.3 Å². The lowest BCUT2D eigenvalue weighted by Crippen LogP contribution is -2.28. The quantitative estimate of drug-likeness (QED) is 0.153. The number of amides is 1. The molecule has 1 amide bonds. The first-order valence-electron chi connectivity index (χ1n) is 13.7. The molecule has 1 heterocycles. The predicted octanol–water partition coefficient (Wildman–Crippen LogP) is 7.10. The highest BCUT2D eigenvalue weighted by Crippen LogP contribution is 2.27. The number of benzene rings is 3. The third kappa shape index (κ3) is 6.97. The topological polar surface area (TPSA) is 88.8 Å². The number of ether oxygens (including phenoxy) is 1. The molecule has 0 radical (unpaired) electrons. The molecule has 0 atom stereocenters. The van der Waals surface area contributed by atoms with Crippen LogP contribution in [0.4, 0.5) is 10.5 Å². The summed E-state index contributed by atoms with van der Waals surface area (Å²) in [4.78, 5) is 39.0. The van der Waals surface area contributed by atoms with Gasteiger partial charge in [-0.05, 0) is 55.0 Å². The van der Waals surface area contributed by atoms with Gasteiger partial charge in [0.2, 0.25) is 0 Å². The Kier molecular flexibility index (Phi) is 9.38. The number of ketones is 1. The smallest absolute Gasteiger partial charge is 0.412 e. The molecule has 4 aromatic rings. The molecule has 7 nitrogen and oxygen atoms in total. The van der Waals surface area contributed by atoms with Crippen molar-refractivity contribution in [1.29, 1.82) is 0 Å². The number of fused-ring (bicyclic) bond motifs is 1. The molecule has 0 bridgehead atoms. The maximum absolute atomic E-state index is 13.7. The lowest BCUT2D eigenvalue weighted by Gasteiger charge is -2.20. The summed E-state index contributed by atoms with van der Waals surface area (Å²) < 4.78 is 7.01. The van der Waals surface area contributed by atoms with E-state index in [2.05, 4.69) is 13.8 Å². The number of nitrogens with zero attached hydrogens (tertiary/aromatic N) is 2. The van der Waals surface area contributed by atoms with Crippen molar-refractivity contribution in [2.45, 2.75) is 53.1 Å². The first-order valence-corrected chi connectivity index (χ1v) is 13.7. The summed E-state index contributed by atoms with van der Waals surface area (Å²) in [7, 11) is 0. The zero-order valence-electron chi connectivity index (χ0n) is 23.3. The Balaban J connectivity index is 1.57. The average Bonchev–Trinajstić information content (AvgIpc) is 3.30. The van der Waals surface area contributed by atoms with E-state index in [0.717, 1.165) is 22.9 Å². The fraction of sp³-hybridized carbons (Fsp3) is 0.303. The van der Waals surface area contributed by atoms with E-state index < -0.39 is 6.09 Å². The zero-order valence-corrected chi connectivity index (χ0v) is 23.3. The second-order valence-electron chi connectivity index (χ2n) is 10.3. The van der Waals surface area contributed by atoms with Crippen LogP contribution in [0, 0.1) is 5.92 Å². The minimum atomic E-state index is -1.09. The normalized spacial score (nSPS) is 11.1. The summed E-state index contributed by atoms with van der Waals surface area (Å²) in [6.45, 7) is 7.21. The number of carbonyl (C=O) groups excluding carboxylic acids is 2. The second kappa shape index (κ2) is 13.1. The fourth-order valence-electron chi connectivity index (χ4n) is 4.91. The van der Waals surface area contributed by atoms with E-state index in [4.69, 9.17) is 4.74 Å². The molecule has 0 aliphatic heterocycles. The second-order valence-corrected chi connectivity index (χ2v) is 10.3. The first kappa shape index (κ1) is 28.6. The molecule has 0 spiro atoms. The molecular weight excluding hydrogens is 504 g/mol. The Hall–Kier alpha value is -4.39. The maximum Gasteiger partial charge on any atom is 0.412 e. The fourth-order valence-corrected chi connectivity index (χ4v) is 4.91. The molecule has 4 rings (SSSR count). The minimum absolute atomic E-state index is 0.175. The monoisotopic (exact) mass is 540 g/mol. The largest absolute Gasteiger partial charge is 0.466 e. The van der Waals surface area contributed by atoms with E-state index >= 15 is 0 Å². The summed E-state index contributed by atoms with van der Waals surface area (Å²) >= 11 is 0. The van der Waals surface area contributed by atoms with Gasteiger partial charge in [-0.1, -0.05) is 68.4 Å². The van der Waals surface area contributed by atoms with Crippen molar-refractivity contribution in [2.75, 3.05) is 11.5 Å². The average molecular weight is 541 g/mol. The van der Waals surface area contributed by atoms with Gasteiger partial charge in [0.15, 0.2) is 5.78 Å². The molecule has 0 aliphatic carbocycles.